The summed E-state index contributed by atoms with van der Waals surface area (Å²) in [5.41, 5.74) is 4.96. The first-order chi connectivity index (χ1) is 6.47. The molecule has 0 aromatic rings. The Morgan fingerprint density at radius 2 is 2.36 bits per heavy atom. The van der Waals surface area contributed by atoms with Crippen molar-refractivity contribution < 1.29 is 9.59 Å². The number of nitrogens with zero attached hydrogens (tertiary/aromatic N) is 1. The molecule has 0 bridgehead atoms. The van der Waals surface area contributed by atoms with Crippen LogP contribution in [0.4, 0.5) is 0 Å². The van der Waals surface area contributed by atoms with Crippen LogP contribution in [-0.2, 0) is 9.59 Å². The first-order valence-electron chi connectivity index (χ1n) is 4.82. The highest BCUT2D eigenvalue weighted by molar-refractivity contribution is 5.90. The molecule has 1 unspecified atom stereocenters. The van der Waals surface area contributed by atoms with Crippen molar-refractivity contribution in [1.82, 2.24) is 10.2 Å². The first-order valence-corrected chi connectivity index (χ1v) is 4.82. The quantitative estimate of drug-likeness (QED) is 0.603. The Labute approximate surface area is 83.6 Å². The highest BCUT2D eigenvalue weighted by Gasteiger charge is 2.32. The van der Waals surface area contributed by atoms with Crippen LogP contribution in [0.1, 0.15) is 20.3 Å². The summed E-state index contributed by atoms with van der Waals surface area (Å²) in [6, 6.07) is 0. The third-order valence-electron chi connectivity index (χ3n) is 2.55. The number of rotatable bonds is 2. The second-order valence-electron chi connectivity index (χ2n) is 3.85. The topological polar surface area (TPSA) is 75.4 Å². The summed E-state index contributed by atoms with van der Waals surface area (Å²) in [5, 5.41) is 2.66. The monoisotopic (exact) mass is 199 g/mol. The zero-order valence-corrected chi connectivity index (χ0v) is 8.67. The Morgan fingerprint density at radius 3 is 2.86 bits per heavy atom. The number of carbonyl (C=O) groups excluding carboxylic acids is 2. The number of hydrogen-bond donors (Lipinski definition) is 2. The zero-order chi connectivity index (χ0) is 10.8. The highest BCUT2D eigenvalue weighted by atomic mass is 16.2. The molecule has 1 heterocycles. The van der Waals surface area contributed by atoms with E-state index in [2.05, 4.69) is 5.32 Å². The molecule has 0 spiro atoms. The van der Waals surface area contributed by atoms with Gasteiger partial charge < -0.3 is 16.0 Å². The predicted octanol–water partition coefficient (Wildman–Crippen LogP) is -0.928. The van der Waals surface area contributed by atoms with Crippen molar-refractivity contribution in [3.63, 3.8) is 0 Å². The van der Waals surface area contributed by atoms with Gasteiger partial charge in [0, 0.05) is 13.1 Å². The van der Waals surface area contributed by atoms with Crippen LogP contribution in [0, 0.1) is 0 Å². The molecule has 1 aliphatic rings. The number of amides is 2. The highest BCUT2D eigenvalue weighted by Crippen LogP contribution is 2.10. The van der Waals surface area contributed by atoms with E-state index in [1.165, 1.54) is 4.90 Å². The normalized spacial score (nSPS) is 21.4. The van der Waals surface area contributed by atoms with Crippen LogP contribution in [0.2, 0.25) is 0 Å². The van der Waals surface area contributed by atoms with Crippen LogP contribution >= 0.6 is 0 Å². The lowest BCUT2D eigenvalue weighted by Crippen LogP contribution is -2.58. The lowest BCUT2D eigenvalue weighted by atomic mass is 9.98. The van der Waals surface area contributed by atoms with Gasteiger partial charge in [-0.05, 0) is 13.3 Å². The summed E-state index contributed by atoms with van der Waals surface area (Å²) in [7, 11) is 0. The molecule has 1 saturated heterocycles. The lowest BCUT2D eigenvalue weighted by Gasteiger charge is -2.33. The standard InChI is InChI=1S/C9H17N3O2/c1-3-9(2,10)8(14)12-5-4-11-7(13)6-12/h3-6,10H2,1-2H3,(H,11,13). The second-order valence-corrected chi connectivity index (χ2v) is 3.85. The van der Waals surface area contributed by atoms with Gasteiger partial charge in [0.15, 0.2) is 0 Å². The maximum Gasteiger partial charge on any atom is 0.242 e. The van der Waals surface area contributed by atoms with E-state index in [9.17, 15) is 9.59 Å². The van der Waals surface area contributed by atoms with Crippen LogP contribution < -0.4 is 11.1 Å². The van der Waals surface area contributed by atoms with Crippen LogP contribution in [0.3, 0.4) is 0 Å². The molecule has 0 aromatic heterocycles. The van der Waals surface area contributed by atoms with E-state index in [1.807, 2.05) is 6.92 Å². The van der Waals surface area contributed by atoms with Crippen molar-refractivity contribution >= 4 is 11.8 Å². The van der Waals surface area contributed by atoms with Crippen LogP contribution in [-0.4, -0.2) is 41.9 Å². The van der Waals surface area contributed by atoms with Crippen molar-refractivity contribution in [3.8, 4) is 0 Å². The molecular weight excluding hydrogens is 182 g/mol. The Kier molecular flexibility index (Phi) is 3.10. The van der Waals surface area contributed by atoms with E-state index in [0.29, 0.717) is 19.5 Å². The average Bonchev–Trinajstić information content (AvgIpc) is 2.16. The Hall–Kier alpha value is -1.10. The number of nitrogens with two attached hydrogens (primary N) is 1. The largest absolute Gasteiger partial charge is 0.353 e. The van der Waals surface area contributed by atoms with E-state index in [0.717, 1.165) is 0 Å². The van der Waals surface area contributed by atoms with E-state index in [-0.39, 0.29) is 18.4 Å². The third-order valence-corrected chi connectivity index (χ3v) is 2.55. The fourth-order valence-electron chi connectivity index (χ4n) is 1.32. The minimum atomic E-state index is -0.850. The van der Waals surface area contributed by atoms with Gasteiger partial charge in [0.05, 0.1) is 12.1 Å². The van der Waals surface area contributed by atoms with E-state index in [1.54, 1.807) is 6.92 Å². The van der Waals surface area contributed by atoms with Gasteiger partial charge in [-0.15, -0.1) is 0 Å². The number of hydrogen-bond acceptors (Lipinski definition) is 3. The van der Waals surface area contributed by atoms with Gasteiger partial charge in [0.2, 0.25) is 11.8 Å². The molecule has 0 aliphatic carbocycles. The average molecular weight is 199 g/mol. The van der Waals surface area contributed by atoms with Gasteiger partial charge in [-0.25, -0.2) is 0 Å². The molecule has 0 aromatic carbocycles. The summed E-state index contributed by atoms with van der Waals surface area (Å²) in [6.07, 6.45) is 0.573. The van der Waals surface area contributed by atoms with E-state index >= 15 is 0 Å². The molecule has 0 radical (unpaired) electrons. The number of carbonyl (C=O) groups is 2. The minimum absolute atomic E-state index is 0.114. The van der Waals surface area contributed by atoms with Crippen molar-refractivity contribution in [2.45, 2.75) is 25.8 Å². The minimum Gasteiger partial charge on any atom is -0.353 e. The van der Waals surface area contributed by atoms with E-state index in [4.69, 9.17) is 5.73 Å². The fraction of sp³-hybridized carbons (Fsp3) is 0.778. The smallest absolute Gasteiger partial charge is 0.242 e. The van der Waals surface area contributed by atoms with Gasteiger partial charge in [-0.1, -0.05) is 6.92 Å². The van der Waals surface area contributed by atoms with Gasteiger partial charge in [0.1, 0.15) is 0 Å². The number of piperazine rings is 1. The molecule has 0 saturated carbocycles. The van der Waals surface area contributed by atoms with Gasteiger partial charge in [-0.2, -0.15) is 0 Å². The van der Waals surface area contributed by atoms with Crippen LogP contribution in [0.15, 0.2) is 0 Å². The Morgan fingerprint density at radius 1 is 1.71 bits per heavy atom. The molecule has 5 heteroatoms. The van der Waals surface area contributed by atoms with Crippen molar-refractivity contribution in [3.05, 3.63) is 0 Å². The van der Waals surface area contributed by atoms with Gasteiger partial charge in [0.25, 0.3) is 0 Å². The Bertz CT molecular complexity index is 250. The summed E-state index contributed by atoms with van der Waals surface area (Å²) in [6.45, 7) is 4.76. The van der Waals surface area contributed by atoms with Crippen LogP contribution in [0.5, 0.6) is 0 Å². The molecule has 2 amide bonds. The molecule has 14 heavy (non-hydrogen) atoms. The molecule has 1 atom stereocenters. The Balaban J connectivity index is 2.64. The third kappa shape index (κ3) is 2.23. The molecule has 1 rings (SSSR count). The zero-order valence-electron chi connectivity index (χ0n) is 8.67. The molecule has 1 aliphatic heterocycles. The van der Waals surface area contributed by atoms with Crippen molar-refractivity contribution in [1.29, 1.82) is 0 Å². The summed E-state index contributed by atoms with van der Waals surface area (Å²) in [4.78, 5) is 24.4. The molecule has 5 nitrogen and oxygen atoms in total. The van der Waals surface area contributed by atoms with Crippen molar-refractivity contribution in [2.24, 2.45) is 5.73 Å². The predicted molar refractivity (Wildman–Crippen MR) is 52.5 cm³/mol. The second kappa shape index (κ2) is 3.96. The summed E-state index contributed by atoms with van der Waals surface area (Å²) in [5.74, 6) is -0.258. The maximum absolute atomic E-state index is 11.8. The molecule has 80 valence electrons. The van der Waals surface area contributed by atoms with Gasteiger partial charge in [-0.3, -0.25) is 9.59 Å². The molecule has 1 fully saturated rings. The maximum atomic E-state index is 11.8. The van der Waals surface area contributed by atoms with Crippen molar-refractivity contribution in [2.75, 3.05) is 19.6 Å². The SMILES string of the molecule is CCC(C)(N)C(=O)N1CCNC(=O)C1. The first kappa shape index (κ1) is 11.0. The van der Waals surface area contributed by atoms with Crippen LogP contribution in [0.25, 0.3) is 0 Å². The summed E-state index contributed by atoms with van der Waals surface area (Å²) < 4.78 is 0. The fourth-order valence-corrected chi connectivity index (χ4v) is 1.32. The molecule has 3 N–H and O–H groups in total. The van der Waals surface area contributed by atoms with E-state index < -0.39 is 5.54 Å². The summed E-state index contributed by atoms with van der Waals surface area (Å²) >= 11 is 0. The number of nitrogens with one attached hydrogen (secondary N) is 1. The molecular formula is C9H17N3O2. The lowest BCUT2D eigenvalue weighted by molar-refractivity contribution is -0.142. The van der Waals surface area contributed by atoms with Gasteiger partial charge >= 0.3 is 0 Å².